The van der Waals surface area contributed by atoms with Gasteiger partial charge in [0.05, 0.1) is 22.4 Å². The average Bonchev–Trinajstić information content (AvgIpc) is 3.13. The minimum atomic E-state index is -3.72. The molecule has 3 saturated heterocycles. The number of likely N-dealkylation sites (tertiary alicyclic amines) is 1. The van der Waals surface area contributed by atoms with Crippen LogP contribution in [0.5, 0.6) is 0 Å². The predicted octanol–water partition coefficient (Wildman–Crippen LogP) is 1.99. The van der Waals surface area contributed by atoms with E-state index in [4.69, 9.17) is 10.00 Å². The average molecular weight is 418 g/mol. The Morgan fingerprint density at radius 2 is 1.76 bits per heavy atom. The van der Waals surface area contributed by atoms with Gasteiger partial charge in [-0.25, -0.2) is 8.42 Å². The van der Waals surface area contributed by atoms with E-state index in [2.05, 4.69) is 0 Å². The number of sulfonamides is 1. The van der Waals surface area contributed by atoms with Crippen LogP contribution in [-0.4, -0.2) is 62.9 Å². The molecule has 3 aliphatic heterocycles. The van der Waals surface area contributed by atoms with Crippen molar-refractivity contribution in [3.63, 3.8) is 0 Å². The Morgan fingerprint density at radius 1 is 1.10 bits per heavy atom. The Hall–Kier alpha value is -1.95. The second-order valence-corrected chi connectivity index (χ2v) is 10.3. The Bertz CT molecular complexity index is 895. The summed E-state index contributed by atoms with van der Waals surface area (Å²) in [6.07, 6.45) is 4.59. The van der Waals surface area contributed by atoms with Gasteiger partial charge >= 0.3 is 0 Å². The fourth-order valence-corrected chi connectivity index (χ4v) is 6.47. The van der Waals surface area contributed by atoms with Crippen molar-refractivity contribution in [3.05, 3.63) is 29.8 Å². The highest BCUT2D eigenvalue weighted by Gasteiger charge is 2.54. The van der Waals surface area contributed by atoms with E-state index >= 15 is 0 Å². The lowest BCUT2D eigenvalue weighted by molar-refractivity contribution is -0.141. The molecule has 0 N–H and O–H groups in total. The largest absolute Gasteiger partial charge is 0.381 e. The van der Waals surface area contributed by atoms with Crippen LogP contribution in [0.2, 0.25) is 0 Å². The van der Waals surface area contributed by atoms with E-state index in [9.17, 15) is 13.2 Å². The number of nitrogens with zero attached hydrogens (tertiary/aromatic N) is 3. The van der Waals surface area contributed by atoms with E-state index < -0.39 is 10.0 Å². The number of nitriles is 1. The Kier molecular flexibility index (Phi) is 5.65. The lowest BCUT2D eigenvalue weighted by atomic mass is 9.71. The standard InChI is InChI=1S/C21H27N3O4S/c22-14-17-4-6-18(7-5-17)29(26,27)24-15-19(20(25)23-10-2-1-3-11-23)21(16-24)8-12-28-13-9-21/h4-7,19H,1-3,8-13,15-16H2. The summed E-state index contributed by atoms with van der Waals surface area (Å²) in [6.45, 7) is 3.23. The second kappa shape index (κ2) is 8.05. The first kappa shape index (κ1) is 20.3. The van der Waals surface area contributed by atoms with Crippen molar-refractivity contribution in [1.29, 1.82) is 5.26 Å². The van der Waals surface area contributed by atoms with E-state index in [1.54, 1.807) is 0 Å². The predicted molar refractivity (Wildman–Crippen MR) is 106 cm³/mol. The highest BCUT2D eigenvalue weighted by molar-refractivity contribution is 7.89. The maximum absolute atomic E-state index is 13.4. The second-order valence-electron chi connectivity index (χ2n) is 8.35. The number of hydrogen-bond donors (Lipinski definition) is 0. The summed E-state index contributed by atoms with van der Waals surface area (Å²) in [5.41, 5.74) is 0.0660. The zero-order valence-electron chi connectivity index (χ0n) is 16.5. The van der Waals surface area contributed by atoms with Gasteiger partial charge in [-0.3, -0.25) is 4.79 Å². The number of hydrogen-bond acceptors (Lipinski definition) is 5. The number of rotatable bonds is 3. The van der Waals surface area contributed by atoms with Crippen LogP contribution in [0, 0.1) is 22.7 Å². The van der Waals surface area contributed by atoms with Crippen molar-refractivity contribution >= 4 is 15.9 Å². The lowest BCUT2D eigenvalue weighted by Gasteiger charge is -2.40. The molecule has 3 heterocycles. The normalized spacial score (nSPS) is 25.1. The van der Waals surface area contributed by atoms with E-state index in [1.807, 2.05) is 11.0 Å². The topological polar surface area (TPSA) is 90.7 Å². The van der Waals surface area contributed by atoms with Crippen molar-refractivity contribution in [1.82, 2.24) is 9.21 Å². The monoisotopic (exact) mass is 417 g/mol. The molecule has 0 aromatic heterocycles. The maximum atomic E-state index is 13.4. The highest BCUT2D eigenvalue weighted by atomic mass is 32.2. The number of ether oxygens (including phenoxy) is 1. The molecule has 7 nitrogen and oxygen atoms in total. The van der Waals surface area contributed by atoms with Gasteiger partial charge in [-0.05, 0) is 56.4 Å². The van der Waals surface area contributed by atoms with Crippen LogP contribution < -0.4 is 0 Å². The van der Waals surface area contributed by atoms with Gasteiger partial charge in [0.2, 0.25) is 15.9 Å². The number of amides is 1. The fraction of sp³-hybridized carbons (Fsp3) is 0.619. The molecule has 1 aromatic carbocycles. The summed E-state index contributed by atoms with van der Waals surface area (Å²) in [5, 5.41) is 8.96. The van der Waals surface area contributed by atoms with Gasteiger partial charge in [-0.15, -0.1) is 0 Å². The zero-order valence-corrected chi connectivity index (χ0v) is 17.4. The molecule has 3 fully saturated rings. The van der Waals surface area contributed by atoms with E-state index in [0.29, 0.717) is 38.2 Å². The summed E-state index contributed by atoms with van der Waals surface area (Å²) >= 11 is 0. The van der Waals surface area contributed by atoms with Crippen molar-refractivity contribution in [2.75, 3.05) is 39.4 Å². The van der Waals surface area contributed by atoms with Gasteiger partial charge in [0.1, 0.15) is 0 Å². The summed E-state index contributed by atoms with van der Waals surface area (Å²) < 4.78 is 33.6. The minimum absolute atomic E-state index is 0.101. The molecular weight excluding hydrogens is 390 g/mol. The summed E-state index contributed by atoms with van der Waals surface area (Å²) in [6, 6.07) is 8.00. The molecule has 8 heteroatoms. The fourth-order valence-electron chi connectivity index (χ4n) is 4.92. The molecule has 1 amide bonds. The van der Waals surface area contributed by atoms with Gasteiger partial charge in [-0.2, -0.15) is 9.57 Å². The Morgan fingerprint density at radius 3 is 2.38 bits per heavy atom. The first-order valence-corrected chi connectivity index (χ1v) is 11.8. The molecule has 0 saturated carbocycles. The van der Waals surface area contributed by atoms with Gasteiger partial charge < -0.3 is 9.64 Å². The molecule has 0 bridgehead atoms. The van der Waals surface area contributed by atoms with E-state index in [0.717, 1.165) is 32.4 Å². The third kappa shape index (κ3) is 3.79. The number of benzene rings is 1. The van der Waals surface area contributed by atoms with Crippen LogP contribution in [0.25, 0.3) is 0 Å². The molecule has 156 valence electrons. The molecule has 3 aliphatic rings. The molecule has 1 spiro atoms. The lowest BCUT2D eigenvalue weighted by Crippen LogP contribution is -2.47. The Labute approximate surface area is 172 Å². The SMILES string of the molecule is N#Cc1ccc(S(=O)(=O)N2CC(C(=O)N3CCCCC3)C3(CCOCC3)C2)cc1. The van der Waals surface area contributed by atoms with Gasteiger partial charge in [0.25, 0.3) is 0 Å². The van der Waals surface area contributed by atoms with E-state index in [-0.39, 0.29) is 28.7 Å². The molecular formula is C21H27N3O4S. The first-order valence-electron chi connectivity index (χ1n) is 10.3. The molecule has 1 atom stereocenters. The number of piperidine rings is 1. The van der Waals surface area contributed by atoms with E-state index in [1.165, 1.54) is 28.6 Å². The van der Waals surface area contributed by atoms with Crippen molar-refractivity contribution in [3.8, 4) is 6.07 Å². The van der Waals surface area contributed by atoms with Gasteiger partial charge in [-0.1, -0.05) is 0 Å². The van der Waals surface area contributed by atoms with Crippen molar-refractivity contribution in [2.45, 2.75) is 37.0 Å². The molecule has 0 radical (unpaired) electrons. The summed E-state index contributed by atoms with van der Waals surface area (Å²) in [5.74, 6) is -0.221. The molecule has 0 aliphatic carbocycles. The zero-order chi connectivity index (χ0) is 20.5. The molecule has 1 aromatic rings. The third-order valence-corrected chi connectivity index (χ3v) is 8.52. The molecule has 29 heavy (non-hydrogen) atoms. The highest BCUT2D eigenvalue weighted by Crippen LogP contribution is 2.46. The third-order valence-electron chi connectivity index (χ3n) is 6.69. The number of carbonyl (C=O) groups is 1. The first-order chi connectivity index (χ1) is 14.0. The van der Waals surface area contributed by atoms with Gasteiger partial charge in [0, 0.05) is 44.8 Å². The minimum Gasteiger partial charge on any atom is -0.381 e. The summed E-state index contributed by atoms with van der Waals surface area (Å²) in [7, 11) is -3.72. The van der Waals surface area contributed by atoms with Crippen LogP contribution >= 0.6 is 0 Å². The van der Waals surface area contributed by atoms with Crippen LogP contribution in [0.3, 0.4) is 0 Å². The summed E-state index contributed by atoms with van der Waals surface area (Å²) in [4.78, 5) is 15.5. The van der Waals surface area contributed by atoms with Gasteiger partial charge in [0.15, 0.2) is 0 Å². The Balaban J connectivity index is 1.62. The van der Waals surface area contributed by atoms with Crippen molar-refractivity contribution < 1.29 is 17.9 Å². The van der Waals surface area contributed by atoms with Crippen LogP contribution in [0.1, 0.15) is 37.7 Å². The quantitative estimate of drug-likeness (QED) is 0.750. The van der Waals surface area contributed by atoms with Crippen LogP contribution in [-0.2, 0) is 19.6 Å². The molecule has 1 unspecified atom stereocenters. The van der Waals surface area contributed by atoms with Crippen LogP contribution in [0.15, 0.2) is 29.2 Å². The maximum Gasteiger partial charge on any atom is 0.243 e. The molecule has 4 rings (SSSR count). The number of carbonyl (C=O) groups excluding carboxylic acids is 1. The van der Waals surface area contributed by atoms with Crippen LogP contribution in [0.4, 0.5) is 0 Å². The van der Waals surface area contributed by atoms with Crippen molar-refractivity contribution in [2.24, 2.45) is 11.3 Å². The smallest absolute Gasteiger partial charge is 0.243 e.